The monoisotopic (exact) mass is 448 g/mol. The average Bonchev–Trinajstić information content (AvgIpc) is 2.87. The van der Waals surface area contributed by atoms with Gasteiger partial charge in [0.25, 0.3) is 5.91 Å². The lowest BCUT2D eigenvalue weighted by molar-refractivity contribution is 0.0982. The second kappa shape index (κ2) is 8.99. The van der Waals surface area contributed by atoms with Crippen molar-refractivity contribution in [3.05, 3.63) is 109 Å². The van der Waals surface area contributed by atoms with E-state index in [0.29, 0.717) is 5.69 Å². The van der Waals surface area contributed by atoms with Crippen molar-refractivity contribution in [3.63, 3.8) is 0 Å². The molecule has 0 fully saturated rings. The number of aromatic hydroxyl groups is 2. The van der Waals surface area contributed by atoms with Crippen molar-refractivity contribution < 1.29 is 15.0 Å². The topological polar surface area (TPSA) is 99.4 Å². The summed E-state index contributed by atoms with van der Waals surface area (Å²) < 4.78 is 0. The molecule has 1 amide bonds. The van der Waals surface area contributed by atoms with Crippen molar-refractivity contribution in [1.29, 1.82) is 0 Å². The molecule has 7 heteroatoms. The zero-order valence-electron chi connectivity index (χ0n) is 18.0. The summed E-state index contributed by atoms with van der Waals surface area (Å²) in [4.78, 5) is 28.3. The van der Waals surface area contributed by atoms with Crippen LogP contribution in [0.5, 0.6) is 11.5 Å². The summed E-state index contributed by atoms with van der Waals surface area (Å²) in [5.41, 5.74) is 4.78. The molecule has 0 radical (unpaired) electrons. The Bertz CT molecular complexity index is 1470. The number of amides is 1. The Balaban J connectivity index is 1.50. The van der Waals surface area contributed by atoms with Gasteiger partial charge in [0.2, 0.25) is 0 Å². The van der Waals surface area contributed by atoms with Gasteiger partial charge < -0.3 is 15.1 Å². The van der Waals surface area contributed by atoms with Crippen LogP contribution in [-0.4, -0.2) is 31.1 Å². The number of fused-ring (bicyclic) bond motifs is 1. The van der Waals surface area contributed by atoms with Crippen LogP contribution in [0.4, 0.5) is 5.69 Å². The summed E-state index contributed by atoms with van der Waals surface area (Å²) in [6, 6.07) is 22.7. The lowest BCUT2D eigenvalue weighted by Gasteiger charge is -2.24. The molecule has 2 N–H and O–H groups in total. The van der Waals surface area contributed by atoms with Crippen molar-refractivity contribution >= 4 is 22.6 Å². The molecule has 0 aliphatic carbocycles. The van der Waals surface area contributed by atoms with E-state index in [9.17, 15) is 15.0 Å². The van der Waals surface area contributed by atoms with Crippen LogP contribution in [0.25, 0.3) is 22.3 Å². The van der Waals surface area contributed by atoms with Crippen LogP contribution >= 0.6 is 0 Å². The molecule has 5 rings (SSSR count). The number of para-hydroxylation sites is 2. The first-order valence-corrected chi connectivity index (χ1v) is 10.6. The Morgan fingerprint density at radius 1 is 0.853 bits per heavy atom. The van der Waals surface area contributed by atoms with Gasteiger partial charge in [-0.3, -0.25) is 14.8 Å². The van der Waals surface area contributed by atoms with Gasteiger partial charge in [0.1, 0.15) is 11.5 Å². The minimum absolute atomic E-state index is 0.0890. The first kappa shape index (κ1) is 21.1. The van der Waals surface area contributed by atoms with Crippen LogP contribution in [0, 0.1) is 0 Å². The molecule has 2 heterocycles. The minimum atomic E-state index is -0.403. The molecule has 0 atom stereocenters. The maximum absolute atomic E-state index is 13.4. The molecule has 7 nitrogen and oxygen atoms in total. The Morgan fingerprint density at radius 2 is 1.65 bits per heavy atom. The molecule has 3 aromatic carbocycles. The Morgan fingerprint density at radius 3 is 2.38 bits per heavy atom. The Hall–Kier alpha value is -4.78. The number of carbonyl (C=O) groups excluding carboxylic acids is 1. The maximum Gasteiger partial charge on any atom is 0.262 e. The second-order valence-electron chi connectivity index (χ2n) is 7.74. The van der Waals surface area contributed by atoms with Crippen LogP contribution in [0.3, 0.4) is 0 Å². The van der Waals surface area contributed by atoms with Crippen LogP contribution in [0.1, 0.15) is 15.9 Å². The molecule has 0 spiro atoms. The number of benzene rings is 3. The number of anilines is 1. The molecule has 5 aromatic rings. The van der Waals surface area contributed by atoms with Crippen molar-refractivity contribution in [1.82, 2.24) is 15.0 Å². The standard InChI is InChI=1S/C27H20N4O3/c32-21-11-12-22(26(33)14-21)27(34)31(17-18-4-3-13-28-15-18)20-9-7-19(8-10-20)25-16-29-23-5-1-2-6-24(23)30-25/h1-16,32-33H,17H2. The molecule has 0 saturated carbocycles. The molecule has 2 aromatic heterocycles. The molecular weight excluding hydrogens is 428 g/mol. The second-order valence-corrected chi connectivity index (χ2v) is 7.74. The number of aromatic nitrogens is 3. The molecule has 0 aliphatic heterocycles. The Kier molecular flexibility index (Phi) is 5.58. The summed E-state index contributed by atoms with van der Waals surface area (Å²) in [5.74, 6) is -0.808. The van der Waals surface area contributed by atoms with E-state index in [4.69, 9.17) is 0 Å². The van der Waals surface area contributed by atoms with E-state index < -0.39 is 5.91 Å². The van der Waals surface area contributed by atoms with E-state index in [0.717, 1.165) is 33.9 Å². The number of nitrogens with zero attached hydrogens (tertiary/aromatic N) is 4. The smallest absolute Gasteiger partial charge is 0.262 e. The largest absolute Gasteiger partial charge is 0.508 e. The minimum Gasteiger partial charge on any atom is -0.508 e. The van der Waals surface area contributed by atoms with Gasteiger partial charge >= 0.3 is 0 Å². The average molecular weight is 448 g/mol. The predicted molar refractivity (Wildman–Crippen MR) is 129 cm³/mol. The van der Waals surface area contributed by atoms with Crippen LogP contribution in [0.2, 0.25) is 0 Å². The van der Waals surface area contributed by atoms with Crippen molar-refractivity contribution in [2.45, 2.75) is 6.54 Å². The highest BCUT2D eigenvalue weighted by atomic mass is 16.3. The SMILES string of the molecule is O=C(c1ccc(O)cc1O)N(Cc1cccnc1)c1ccc(-c2cnc3ccccc3n2)cc1. The molecule has 34 heavy (non-hydrogen) atoms. The summed E-state index contributed by atoms with van der Waals surface area (Å²) in [6.07, 6.45) is 5.08. The highest BCUT2D eigenvalue weighted by Crippen LogP contribution is 2.29. The van der Waals surface area contributed by atoms with Crippen molar-refractivity contribution in [2.24, 2.45) is 0 Å². The number of phenols is 2. The third-order valence-electron chi connectivity index (χ3n) is 5.44. The van der Waals surface area contributed by atoms with Gasteiger partial charge in [-0.05, 0) is 48.0 Å². The first-order valence-electron chi connectivity index (χ1n) is 10.6. The zero-order valence-corrected chi connectivity index (χ0v) is 18.0. The zero-order chi connectivity index (χ0) is 23.5. The summed E-state index contributed by atoms with van der Waals surface area (Å²) in [6.45, 7) is 0.252. The van der Waals surface area contributed by atoms with Gasteiger partial charge in [-0.1, -0.05) is 30.3 Å². The number of pyridine rings is 1. The van der Waals surface area contributed by atoms with Gasteiger partial charge in [-0.15, -0.1) is 0 Å². The third kappa shape index (κ3) is 4.27. The lowest BCUT2D eigenvalue weighted by Crippen LogP contribution is -2.30. The normalized spacial score (nSPS) is 10.8. The highest BCUT2D eigenvalue weighted by molar-refractivity contribution is 6.08. The van der Waals surface area contributed by atoms with Gasteiger partial charge in [0.05, 0.1) is 35.0 Å². The Labute approximate surface area is 195 Å². The van der Waals surface area contributed by atoms with E-state index in [1.165, 1.54) is 12.1 Å². The van der Waals surface area contributed by atoms with Crippen LogP contribution in [-0.2, 0) is 6.54 Å². The number of hydrogen-bond acceptors (Lipinski definition) is 6. The van der Waals surface area contributed by atoms with E-state index >= 15 is 0 Å². The van der Waals surface area contributed by atoms with Crippen LogP contribution in [0.15, 0.2) is 97.5 Å². The lowest BCUT2D eigenvalue weighted by atomic mass is 10.1. The number of hydrogen-bond donors (Lipinski definition) is 2. The van der Waals surface area contributed by atoms with Gasteiger partial charge in [0.15, 0.2) is 0 Å². The molecule has 0 bridgehead atoms. The van der Waals surface area contributed by atoms with Gasteiger partial charge in [-0.2, -0.15) is 0 Å². The quantitative estimate of drug-likeness (QED) is 0.395. The van der Waals surface area contributed by atoms with Crippen molar-refractivity contribution in [3.8, 4) is 22.8 Å². The fraction of sp³-hybridized carbons (Fsp3) is 0.0370. The fourth-order valence-electron chi connectivity index (χ4n) is 3.71. The van der Waals surface area contributed by atoms with Gasteiger partial charge in [0, 0.05) is 29.7 Å². The summed E-state index contributed by atoms with van der Waals surface area (Å²) in [5, 5.41) is 19.9. The fourth-order valence-corrected chi connectivity index (χ4v) is 3.71. The summed E-state index contributed by atoms with van der Waals surface area (Å²) >= 11 is 0. The van der Waals surface area contributed by atoms with Crippen molar-refractivity contribution in [2.75, 3.05) is 4.90 Å². The summed E-state index contributed by atoms with van der Waals surface area (Å²) in [7, 11) is 0. The third-order valence-corrected chi connectivity index (χ3v) is 5.44. The number of carbonyl (C=O) groups is 1. The van der Waals surface area contributed by atoms with E-state index in [2.05, 4.69) is 15.0 Å². The van der Waals surface area contributed by atoms with E-state index in [1.807, 2.05) is 54.6 Å². The molecular formula is C27H20N4O3. The highest BCUT2D eigenvalue weighted by Gasteiger charge is 2.22. The molecule has 0 saturated heterocycles. The molecule has 166 valence electrons. The number of phenolic OH excluding ortho intramolecular Hbond substituents is 2. The van der Waals surface area contributed by atoms with E-state index in [-0.39, 0.29) is 23.6 Å². The molecule has 0 aliphatic rings. The van der Waals surface area contributed by atoms with E-state index in [1.54, 1.807) is 29.6 Å². The first-order chi connectivity index (χ1) is 16.6. The molecule has 0 unspecified atom stereocenters. The van der Waals surface area contributed by atoms with Crippen LogP contribution < -0.4 is 4.90 Å². The number of rotatable bonds is 5. The van der Waals surface area contributed by atoms with Gasteiger partial charge in [-0.25, -0.2) is 4.98 Å². The maximum atomic E-state index is 13.4. The predicted octanol–water partition coefficient (Wildman–Crippen LogP) is 4.95.